The summed E-state index contributed by atoms with van der Waals surface area (Å²) in [6, 6.07) is 0. The van der Waals surface area contributed by atoms with E-state index in [9.17, 15) is 4.79 Å². The van der Waals surface area contributed by atoms with Crippen LogP contribution in [0.4, 0.5) is 0 Å². The molecule has 2 rings (SSSR count). The Morgan fingerprint density at radius 1 is 1.50 bits per heavy atom. The summed E-state index contributed by atoms with van der Waals surface area (Å²) in [5, 5.41) is 3.23. The lowest BCUT2D eigenvalue weighted by molar-refractivity contribution is -0.138. The fourth-order valence-electron chi connectivity index (χ4n) is 2.56. The van der Waals surface area contributed by atoms with E-state index in [0.717, 1.165) is 45.6 Å². The van der Waals surface area contributed by atoms with Gasteiger partial charge in [-0.3, -0.25) is 4.79 Å². The van der Waals surface area contributed by atoms with Gasteiger partial charge in [0.1, 0.15) is 0 Å². The lowest BCUT2D eigenvalue weighted by Gasteiger charge is -2.35. The van der Waals surface area contributed by atoms with Crippen LogP contribution in [0, 0.1) is 11.8 Å². The molecule has 1 N–H and O–H groups in total. The summed E-state index contributed by atoms with van der Waals surface area (Å²) < 4.78 is 5.61. The maximum atomic E-state index is 12.3. The van der Waals surface area contributed by atoms with Gasteiger partial charge >= 0.3 is 0 Å². The molecule has 0 aromatic heterocycles. The van der Waals surface area contributed by atoms with E-state index in [1.54, 1.807) is 0 Å². The predicted octanol–water partition coefficient (Wildman–Crippen LogP) is 1.29. The van der Waals surface area contributed by atoms with Gasteiger partial charge < -0.3 is 15.0 Å². The van der Waals surface area contributed by atoms with Crippen LogP contribution >= 0.6 is 12.4 Å². The number of nitrogens with zero attached hydrogens (tertiary/aromatic N) is 1. The highest BCUT2D eigenvalue weighted by molar-refractivity contribution is 5.85. The summed E-state index contributed by atoms with van der Waals surface area (Å²) in [6.45, 7) is 8.53. The quantitative estimate of drug-likeness (QED) is 0.823. The van der Waals surface area contributed by atoms with Gasteiger partial charge in [0.15, 0.2) is 0 Å². The van der Waals surface area contributed by atoms with E-state index in [1.165, 1.54) is 0 Å². The molecule has 1 amide bonds. The van der Waals surface area contributed by atoms with Crippen LogP contribution in [-0.2, 0) is 9.53 Å². The Morgan fingerprint density at radius 3 is 2.67 bits per heavy atom. The molecular formula is C13H25ClN2O2. The molecule has 0 spiro atoms. The average Bonchev–Trinajstić information content (AvgIpc) is 2.75. The second-order valence-electron chi connectivity index (χ2n) is 5.22. The zero-order valence-electron chi connectivity index (χ0n) is 11.4. The summed E-state index contributed by atoms with van der Waals surface area (Å²) in [5.41, 5.74) is 0. The monoisotopic (exact) mass is 276 g/mol. The molecule has 2 atom stereocenters. The Kier molecular flexibility index (Phi) is 6.39. The molecule has 5 heteroatoms. The van der Waals surface area contributed by atoms with Crippen LogP contribution in [-0.4, -0.2) is 49.7 Å². The molecule has 0 aliphatic carbocycles. The van der Waals surface area contributed by atoms with Crippen molar-refractivity contribution in [3.63, 3.8) is 0 Å². The lowest BCUT2D eigenvalue weighted by Crippen LogP contribution is -2.51. The first-order chi connectivity index (χ1) is 8.22. The standard InChI is InChI=1S/C13H24N2O2.ClH/c1-3-15(9-12-5-4-6-17-12)13(16)10(2)11-7-14-8-11;/h10-12,14H,3-9H2,1-2H3;1H. The second-order valence-corrected chi connectivity index (χ2v) is 5.22. The second kappa shape index (κ2) is 7.31. The van der Waals surface area contributed by atoms with Gasteiger partial charge in [0.05, 0.1) is 6.10 Å². The summed E-state index contributed by atoms with van der Waals surface area (Å²) in [6.07, 6.45) is 2.51. The number of hydrogen-bond acceptors (Lipinski definition) is 3. The number of amides is 1. The van der Waals surface area contributed by atoms with E-state index < -0.39 is 0 Å². The lowest BCUT2D eigenvalue weighted by atomic mass is 9.88. The maximum Gasteiger partial charge on any atom is 0.225 e. The van der Waals surface area contributed by atoms with E-state index in [4.69, 9.17) is 4.74 Å². The largest absolute Gasteiger partial charge is 0.376 e. The Balaban J connectivity index is 0.00000162. The molecule has 0 aromatic carbocycles. The third-order valence-electron chi connectivity index (χ3n) is 4.05. The number of halogens is 1. The van der Waals surface area contributed by atoms with Crippen molar-refractivity contribution in [3.8, 4) is 0 Å². The number of carbonyl (C=O) groups excluding carboxylic acids is 1. The summed E-state index contributed by atoms with van der Waals surface area (Å²) in [7, 11) is 0. The molecule has 0 radical (unpaired) electrons. The van der Waals surface area contributed by atoms with Gasteiger partial charge in [0.2, 0.25) is 5.91 Å². The fourth-order valence-corrected chi connectivity index (χ4v) is 2.56. The van der Waals surface area contributed by atoms with Crippen molar-refractivity contribution in [2.45, 2.75) is 32.8 Å². The van der Waals surface area contributed by atoms with Crippen molar-refractivity contribution in [1.82, 2.24) is 10.2 Å². The average molecular weight is 277 g/mol. The molecule has 2 saturated heterocycles. The number of likely N-dealkylation sites (N-methyl/N-ethyl adjacent to an activating group) is 1. The predicted molar refractivity (Wildman–Crippen MR) is 74.0 cm³/mol. The first-order valence-corrected chi connectivity index (χ1v) is 6.83. The molecule has 0 saturated carbocycles. The van der Waals surface area contributed by atoms with Crippen LogP contribution in [0.3, 0.4) is 0 Å². The van der Waals surface area contributed by atoms with Crippen LogP contribution in [0.5, 0.6) is 0 Å². The molecule has 0 bridgehead atoms. The summed E-state index contributed by atoms with van der Waals surface area (Å²) in [5.74, 6) is 0.980. The minimum atomic E-state index is 0. The molecule has 2 aliphatic heterocycles. The molecule has 18 heavy (non-hydrogen) atoms. The Labute approximate surface area is 116 Å². The highest BCUT2D eigenvalue weighted by Gasteiger charge is 2.32. The maximum absolute atomic E-state index is 12.3. The third-order valence-corrected chi connectivity index (χ3v) is 4.05. The van der Waals surface area contributed by atoms with Gasteiger partial charge in [0.25, 0.3) is 0 Å². The van der Waals surface area contributed by atoms with Crippen LogP contribution < -0.4 is 5.32 Å². The third kappa shape index (κ3) is 3.59. The van der Waals surface area contributed by atoms with Gasteiger partial charge in [0, 0.05) is 25.6 Å². The minimum Gasteiger partial charge on any atom is -0.376 e. The van der Waals surface area contributed by atoms with Gasteiger partial charge in [-0.1, -0.05) is 6.92 Å². The zero-order valence-corrected chi connectivity index (χ0v) is 12.2. The first kappa shape index (κ1) is 15.7. The topological polar surface area (TPSA) is 41.6 Å². The van der Waals surface area contributed by atoms with Crippen molar-refractivity contribution in [3.05, 3.63) is 0 Å². The summed E-state index contributed by atoms with van der Waals surface area (Å²) >= 11 is 0. The molecule has 0 aromatic rings. The summed E-state index contributed by atoms with van der Waals surface area (Å²) in [4.78, 5) is 14.3. The molecule has 4 nitrogen and oxygen atoms in total. The molecule has 2 unspecified atom stereocenters. The molecular weight excluding hydrogens is 252 g/mol. The highest BCUT2D eigenvalue weighted by Crippen LogP contribution is 2.20. The van der Waals surface area contributed by atoms with Gasteiger partial charge in [-0.25, -0.2) is 0 Å². The van der Waals surface area contributed by atoms with Crippen LogP contribution in [0.1, 0.15) is 26.7 Å². The van der Waals surface area contributed by atoms with Crippen LogP contribution in [0.25, 0.3) is 0 Å². The van der Waals surface area contributed by atoms with Crippen LogP contribution in [0.15, 0.2) is 0 Å². The SMILES string of the molecule is CCN(CC1CCCO1)C(=O)C(C)C1CNC1.Cl. The minimum absolute atomic E-state index is 0. The van der Waals surface area contributed by atoms with Gasteiger partial charge in [-0.05, 0) is 38.8 Å². The smallest absolute Gasteiger partial charge is 0.225 e. The first-order valence-electron chi connectivity index (χ1n) is 6.83. The molecule has 2 aliphatic rings. The van der Waals surface area contributed by atoms with Crippen molar-refractivity contribution in [2.24, 2.45) is 11.8 Å². The van der Waals surface area contributed by atoms with E-state index in [-0.39, 0.29) is 24.4 Å². The number of carbonyl (C=O) groups is 1. The van der Waals surface area contributed by atoms with Crippen molar-refractivity contribution >= 4 is 18.3 Å². The number of rotatable bonds is 5. The van der Waals surface area contributed by atoms with E-state index >= 15 is 0 Å². The zero-order chi connectivity index (χ0) is 12.3. The highest BCUT2D eigenvalue weighted by atomic mass is 35.5. The van der Waals surface area contributed by atoms with Crippen molar-refractivity contribution < 1.29 is 9.53 Å². The normalized spacial score (nSPS) is 25.1. The van der Waals surface area contributed by atoms with Crippen molar-refractivity contribution in [1.29, 1.82) is 0 Å². The molecule has 2 fully saturated rings. The fraction of sp³-hybridized carbons (Fsp3) is 0.923. The Bertz CT molecular complexity index is 266. The molecule has 106 valence electrons. The Morgan fingerprint density at radius 2 is 2.22 bits per heavy atom. The van der Waals surface area contributed by atoms with Crippen molar-refractivity contribution in [2.75, 3.05) is 32.8 Å². The van der Waals surface area contributed by atoms with E-state index in [2.05, 4.69) is 19.2 Å². The van der Waals surface area contributed by atoms with E-state index in [1.807, 2.05) is 4.90 Å². The molecule has 2 heterocycles. The number of hydrogen-bond donors (Lipinski definition) is 1. The van der Waals surface area contributed by atoms with Crippen LogP contribution in [0.2, 0.25) is 0 Å². The Hall–Kier alpha value is -0.320. The van der Waals surface area contributed by atoms with E-state index in [0.29, 0.717) is 11.8 Å². The van der Waals surface area contributed by atoms with Gasteiger partial charge in [-0.2, -0.15) is 0 Å². The number of ether oxygens (including phenoxy) is 1. The van der Waals surface area contributed by atoms with Gasteiger partial charge in [-0.15, -0.1) is 12.4 Å². The number of nitrogens with one attached hydrogen (secondary N) is 1.